The van der Waals surface area contributed by atoms with E-state index in [2.05, 4.69) is 5.32 Å². The molecule has 6 heteroatoms. The van der Waals surface area contributed by atoms with E-state index in [1.54, 1.807) is 7.05 Å². The van der Waals surface area contributed by atoms with Gasteiger partial charge in [-0.25, -0.2) is 9.18 Å². The number of aliphatic hydroxyl groups is 2. The molecule has 0 aliphatic heterocycles. The van der Waals surface area contributed by atoms with Crippen molar-refractivity contribution in [3.8, 4) is 0 Å². The summed E-state index contributed by atoms with van der Waals surface area (Å²) in [6, 6.07) is 3.45. The number of hydrogen-bond acceptors (Lipinski definition) is 4. The van der Waals surface area contributed by atoms with Crippen LogP contribution in [0.25, 0.3) is 0 Å². The molecule has 0 aliphatic carbocycles. The Morgan fingerprint density at radius 1 is 1.47 bits per heavy atom. The average molecular weight is 243 g/mol. The van der Waals surface area contributed by atoms with Crippen molar-refractivity contribution in [2.24, 2.45) is 0 Å². The zero-order valence-corrected chi connectivity index (χ0v) is 9.22. The van der Waals surface area contributed by atoms with Crippen LogP contribution < -0.4 is 5.32 Å². The number of hydrogen-bond donors (Lipinski definition) is 4. The Bertz CT molecular complexity index is 410. The highest BCUT2D eigenvalue weighted by Crippen LogP contribution is 2.24. The van der Waals surface area contributed by atoms with Gasteiger partial charge in [-0.3, -0.25) is 0 Å². The molecular weight excluding hydrogens is 229 g/mol. The largest absolute Gasteiger partial charge is 0.478 e. The number of likely N-dealkylation sites (N-methyl/N-ethyl adjacent to an activating group) is 1. The van der Waals surface area contributed by atoms with Crippen LogP contribution in [0.1, 0.15) is 22.0 Å². The highest BCUT2D eigenvalue weighted by atomic mass is 19.1. The highest BCUT2D eigenvalue weighted by Gasteiger charge is 2.26. The normalized spacial score (nSPS) is 14.4. The minimum Gasteiger partial charge on any atom is -0.478 e. The zero-order valence-electron chi connectivity index (χ0n) is 9.22. The molecule has 0 aliphatic rings. The van der Waals surface area contributed by atoms with Gasteiger partial charge < -0.3 is 20.6 Å². The lowest BCUT2D eigenvalue weighted by atomic mass is 9.98. The summed E-state index contributed by atoms with van der Waals surface area (Å²) in [6.07, 6.45) is -2.87. The molecule has 1 rings (SSSR count). The van der Waals surface area contributed by atoms with Crippen LogP contribution in [0.3, 0.4) is 0 Å². The van der Waals surface area contributed by atoms with E-state index in [9.17, 15) is 19.4 Å². The number of carboxylic acid groups (broad SMARTS) is 1. The number of aromatic carboxylic acids is 1. The first-order valence-electron chi connectivity index (χ1n) is 5.01. The molecule has 5 nitrogen and oxygen atoms in total. The molecule has 0 spiro atoms. The number of halogens is 1. The van der Waals surface area contributed by atoms with Crippen molar-refractivity contribution in [1.29, 1.82) is 0 Å². The molecule has 0 bridgehead atoms. The molecule has 0 amide bonds. The number of carboxylic acids is 1. The second kappa shape index (κ2) is 5.72. The second-order valence-electron chi connectivity index (χ2n) is 3.58. The number of aliphatic hydroxyl groups excluding tert-OH is 2. The van der Waals surface area contributed by atoms with Crippen molar-refractivity contribution in [1.82, 2.24) is 5.32 Å². The van der Waals surface area contributed by atoms with Crippen LogP contribution in [0.5, 0.6) is 0 Å². The number of rotatable bonds is 5. The monoisotopic (exact) mass is 243 g/mol. The summed E-state index contributed by atoms with van der Waals surface area (Å²) in [5.74, 6) is -2.21. The van der Waals surface area contributed by atoms with Crippen LogP contribution in [0.15, 0.2) is 18.2 Å². The second-order valence-corrected chi connectivity index (χ2v) is 3.58. The first-order valence-corrected chi connectivity index (χ1v) is 5.01. The topological polar surface area (TPSA) is 89.8 Å². The van der Waals surface area contributed by atoms with E-state index >= 15 is 0 Å². The molecule has 4 N–H and O–H groups in total. The van der Waals surface area contributed by atoms with Gasteiger partial charge in [-0.2, -0.15) is 0 Å². The van der Waals surface area contributed by atoms with Crippen LogP contribution in [-0.2, 0) is 0 Å². The molecule has 2 unspecified atom stereocenters. The van der Waals surface area contributed by atoms with Crippen LogP contribution in [-0.4, -0.2) is 41.0 Å². The average Bonchev–Trinajstić information content (AvgIpc) is 2.28. The highest BCUT2D eigenvalue weighted by molar-refractivity contribution is 5.89. The maximum Gasteiger partial charge on any atom is 0.336 e. The molecule has 94 valence electrons. The van der Waals surface area contributed by atoms with Gasteiger partial charge in [0.1, 0.15) is 11.9 Å². The third-order valence-electron chi connectivity index (χ3n) is 2.36. The third-order valence-corrected chi connectivity index (χ3v) is 2.36. The van der Waals surface area contributed by atoms with Gasteiger partial charge in [0.25, 0.3) is 0 Å². The van der Waals surface area contributed by atoms with Crippen molar-refractivity contribution < 1.29 is 24.5 Å². The standard InChI is InChI=1S/C11H14FNO4/c1-13-5-8(14)10(15)9-6(11(16)17)3-2-4-7(9)12/h2-4,8,10,13-15H,5H2,1H3,(H,16,17). The minimum atomic E-state index is -1.59. The van der Waals surface area contributed by atoms with E-state index in [0.717, 1.165) is 6.07 Å². The summed E-state index contributed by atoms with van der Waals surface area (Å²) in [6.45, 7) is 0.0224. The fraction of sp³-hybridized carbons (Fsp3) is 0.364. The fourth-order valence-corrected chi connectivity index (χ4v) is 1.54. The Labute approximate surface area is 97.5 Å². The first-order chi connectivity index (χ1) is 7.99. The van der Waals surface area contributed by atoms with Crippen LogP contribution in [0.2, 0.25) is 0 Å². The van der Waals surface area contributed by atoms with Crippen molar-refractivity contribution >= 4 is 5.97 Å². The summed E-state index contributed by atoms with van der Waals surface area (Å²) in [5, 5.41) is 30.7. The van der Waals surface area contributed by atoms with Crippen molar-refractivity contribution in [2.45, 2.75) is 12.2 Å². The Hall–Kier alpha value is -1.50. The number of carbonyl (C=O) groups is 1. The van der Waals surface area contributed by atoms with E-state index in [4.69, 9.17) is 5.11 Å². The molecule has 1 aromatic carbocycles. The smallest absolute Gasteiger partial charge is 0.336 e. The third kappa shape index (κ3) is 3.00. The maximum absolute atomic E-state index is 13.5. The number of benzene rings is 1. The van der Waals surface area contributed by atoms with E-state index < -0.39 is 29.6 Å². The summed E-state index contributed by atoms with van der Waals surface area (Å²) in [4.78, 5) is 10.9. The lowest BCUT2D eigenvalue weighted by molar-refractivity contribution is 0.0170. The van der Waals surface area contributed by atoms with E-state index in [0.29, 0.717) is 0 Å². The van der Waals surface area contributed by atoms with Gasteiger partial charge in [-0.15, -0.1) is 0 Å². The summed E-state index contributed by atoms with van der Waals surface area (Å²) < 4.78 is 13.5. The zero-order chi connectivity index (χ0) is 13.0. The maximum atomic E-state index is 13.5. The van der Waals surface area contributed by atoms with E-state index in [1.807, 2.05) is 0 Å². The number of nitrogens with one attached hydrogen (secondary N) is 1. The quantitative estimate of drug-likeness (QED) is 0.590. The lowest BCUT2D eigenvalue weighted by Gasteiger charge is -2.19. The van der Waals surface area contributed by atoms with Crippen LogP contribution in [0.4, 0.5) is 4.39 Å². The molecular formula is C11H14FNO4. The lowest BCUT2D eigenvalue weighted by Crippen LogP contribution is -2.31. The van der Waals surface area contributed by atoms with E-state index in [1.165, 1.54) is 12.1 Å². The molecule has 1 aromatic rings. The Morgan fingerprint density at radius 3 is 2.65 bits per heavy atom. The summed E-state index contributed by atoms with van der Waals surface area (Å²) in [7, 11) is 1.55. The van der Waals surface area contributed by atoms with Gasteiger partial charge in [0.15, 0.2) is 0 Å². The van der Waals surface area contributed by atoms with Crippen molar-refractivity contribution in [3.63, 3.8) is 0 Å². The molecule has 0 fully saturated rings. The Kier molecular flexibility index (Phi) is 4.56. The molecule has 2 atom stereocenters. The molecule has 0 saturated carbocycles. The summed E-state index contributed by atoms with van der Waals surface area (Å²) in [5.41, 5.74) is -0.754. The van der Waals surface area contributed by atoms with Gasteiger partial charge in [-0.05, 0) is 19.2 Å². The Morgan fingerprint density at radius 2 is 2.12 bits per heavy atom. The summed E-state index contributed by atoms with van der Waals surface area (Å²) >= 11 is 0. The van der Waals surface area contributed by atoms with Crippen LogP contribution >= 0.6 is 0 Å². The predicted octanol–water partition coefficient (Wildman–Crippen LogP) is 0.138. The van der Waals surface area contributed by atoms with Crippen molar-refractivity contribution in [3.05, 3.63) is 35.1 Å². The fourth-order valence-electron chi connectivity index (χ4n) is 1.54. The Balaban J connectivity index is 3.15. The molecule has 0 radical (unpaired) electrons. The molecule has 0 heterocycles. The van der Waals surface area contributed by atoms with Gasteiger partial charge in [0.2, 0.25) is 0 Å². The van der Waals surface area contributed by atoms with Gasteiger partial charge >= 0.3 is 5.97 Å². The molecule has 0 aromatic heterocycles. The van der Waals surface area contributed by atoms with Gasteiger partial charge in [0, 0.05) is 12.1 Å². The minimum absolute atomic E-state index is 0.0224. The van der Waals surface area contributed by atoms with E-state index in [-0.39, 0.29) is 12.1 Å². The predicted molar refractivity (Wildman–Crippen MR) is 58.3 cm³/mol. The first kappa shape index (κ1) is 13.6. The molecule has 17 heavy (non-hydrogen) atoms. The van der Waals surface area contributed by atoms with Gasteiger partial charge in [-0.1, -0.05) is 6.07 Å². The van der Waals surface area contributed by atoms with Gasteiger partial charge in [0.05, 0.1) is 11.7 Å². The molecule has 0 saturated heterocycles. The van der Waals surface area contributed by atoms with Crippen LogP contribution in [0, 0.1) is 5.82 Å². The van der Waals surface area contributed by atoms with Crippen molar-refractivity contribution in [2.75, 3.05) is 13.6 Å². The SMILES string of the molecule is CNCC(O)C(O)c1c(F)cccc1C(=O)O.